The van der Waals surface area contributed by atoms with Gasteiger partial charge in [-0.3, -0.25) is 0 Å². The van der Waals surface area contributed by atoms with Crippen molar-refractivity contribution in [3.8, 4) is 0 Å². The highest BCUT2D eigenvalue weighted by molar-refractivity contribution is 5.16. The van der Waals surface area contributed by atoms with Gasteiger partial charge in [0.1, 0.15) is 5.82 Å². The molecule has 118 valence electrons. The van der Waals surface area contributed by atoms with Crippen LogP contribution in [0.15, 0.2) is 24.3 Å². The fourth-order valence-corrected chi connectivity index (χ4v) is 2.71. The number of nitrogens with one attached hydrogen (secondary N) is 1. The fourth-order valence-electron chi connectivity index (χ4n) is 2.71. The van der Waals surface area contributed by atoms with Crippen molar-refractivity contribution in [2.45, 2.75) is 45.3 Å². The number of hydrogen-bond donors (Lipinski definition) is 2. The molecule has 2 rings (SSSR count). The molecule has 3 nitrogen and oxygen atoms in total. The maximum absolute atomic E-state index is 13.4. The second kappa shape index (κ2) is 7.87. The molecule has 0 aromatic heterocycles. The van der Waals surface area contributed by atoms with Gasteiger partial charge in [-0.1, -0.05) is 31.5 Å². The molecule has 1 unspecified atom stereocenters. The molecule has 0 aliphatic heterocycles. The summed E-state index contributed by atoms with van der Waals surface area (Å²) in [6, 6.07) is 6.55. The Morgan fingerprint density at radius 1 is 1.38 bits per heavy atom. The summed E-state index contributed by atoms with van der Waals surface area (Å²) in [5.41, 5.74) is 1.01. The van der Waals surface area contributed by atoms with Crippen molar-refractivity contribution in [2.75, 3.05) is 19.7 Å². The first-order valence-electron chi connectivity index (χ1n) is 7.85. The second-order valence-corrected chi connectivity index (χ2v) is 6.14. The van der Waals surface area contributed by atoms with Gasteiger partial charge in [0.2, 0.25) is 0 Å². The third kappa shape index (κ3) is 5.38. The van der Waals surface area contributed by atoms with Gasteiger partial charge in [-0.25, -0.2) is 4.39 Å². The molecule has 1 fully saturated rings. The Kier molecular flexibility index (Phi) is 6.15. The third-order valence-corrected chi connectivity index (χ3v) is 4.14. The van der Waals surface area contributed by atoms with E-state index in [1.165, 1.54) is 31.7 Å². The Morgan fingerprint density at radius 2 is 2.14 bits per heavy atom. The number of aliphatic hydroxyl groups excluding tert-OH is 1. The van der Waals surface area contributed by atoms with E-state index >= 15 is 0 Å². The summed E-state index contributed by atoms with van der Waals surface area (Å²) < 4.78 is 18.8. The highest BCUT2D eigenvalue weighted by Gasteiger charge is 2.40. The van der Waals surface area contributed by atoms with Gasteiger partial charge >= 0.3 is 0 Å². The lowest BCUT2D eigenvalue weighted by Gasteiger charge is -2.17. The number of aliphatic hydroxyl groups is 1. The average Bonchev–Trinajstić information content (AvgIpc) is 3.21. The minimum Gasteiger partial charge on any atom is -0.389 e. The van der Waals surface area contributed by atoms with Crippen LogP contribution < -0.4 is 5.32 Å². The summed E-state index contributed by atoms with van der Waals surface area (Å²) in [5.74, 6) is -0.264. The van der Waals surface area contributed by atoms with Gasteiger partial charge in [0.05, 0.1) is 19.3 Å². The van der Waals surface area contributed by atoms with E-state index in [0.29, 0.717) is 17.5 Å². The van der Waals surface area contributed by atoms with Crippen molar-refractivity contribution >= 4 is 0 Å². The normalized spacial score (nSPS) is 17.7. The Morgan fingerprint density at radius 3 is 2.81 bits per heavy atom. The summed E-state index contributed by atoms with van der Waals surface area (Å²) >= 11 is 0. The van der Waals surface area contributed by atoms with E-state index in [9.17, 15) is 9.50 Å². The van der Waals surface area contributed by atoms with Gasteiger partial charge in [0.15, 0.2) is 0 Å². The molecule has 2 N–H and O–H groups in total. The van der Waals surface area contributed by atoms with Gasteiger partial charge in [0, 0.05) is 18.7 Å². The van der Waals surface area contributed by atoms with E-state index in [1.54, 1.807) is 18.2 Å². The molecule has 0 radical (unpaired) electrons. The van der Waals surface area contributed by atoms with Crippen LogP contribution in [0, 0.1) is 11.2 Å². The molecule has 0 bridgehead atoms. The van der Waals surface area contributed by atoms with Crippen molar-refractivity contribution in [1.82, 2.24) is 5.32 Å². The molecule has 1 aliphatic carbocycles. The SMILES string of the molecule is CCCC1(CNCC(O)COCc2ccccc2F)CC1. The van der Waals surface area contributed by atoms with Crippen LogP contribution in [-0.2, 0) is 11.3 Å². The molecule has 1 aliphatic rings. The largest absolute Gasteiger partial charge is 0.389 e. The second-order valence-electron chi connectivity index (χ2n) is 6.14. The van der Waals surface area contributed by atoms with Gasteiger partial charge in [0.25, 0.3) is 0 Å². The maximum atomic E-state index is 13.4. The summed E-state index contributed by atoms with van der Waals surface area (Å²) in [6.07, 6.45) is 4.53. The van der Waals surface area contributed by atoms with E-state index in [2.05, 4.69) is 12.2 Å². The first kappa shape index (κ1) is 16.4. The number of ether oxygens (including phenoxy) is 1. The van der Waals surface area contributed by atoms with Crippen molar-refractivity contribution in [1.29, 1.82) is 0 Å². The Balaban J connectivity index is 1.58. The summed E-state index contributed by atoms with van der Waals surface area (Å²) in [5, 5.41) is 13.2. The summed E-state index contributed by atoms with van der Waals surface area (Å²) in [6.45, 7) is 4.14. The monoisotopic (exact) mass is 295 g/mol. The minimum absolute atomic E-state index is 0.198. The third-order valence-electron chi connectivity index (χ3n) is 4.14. The molecule has 0 heterocycles. The first-order valence-corrected chi connectivity index (χ1v) is 7.85. The smallest absolute Gasteiger partial charge is 0.128 e. The van der Waals surface area contributed by atoms with E-state index in [-0.39, 0.29) is 19.0 Å². The number of benzene rings is 1. The van der Waals surface area contributed by atoms with E-state index in [4.69, 9.17) is 4.74 Å². The predicted octanol–water partition coefficient (Wildman–Crippen LogP) is 2.87. The lowest BCUT2D eigenvalue weighted by molar-refractivity contribution is 0.0273. The van der Waals surface area contributed by atoms with Crippen molar-refractivity contribution in [3.05, 3.63) is 35.6 Å². The molecule has 1 saturated carbocycles. The van der Waals surface area contributed by atoms with Crippen LogP contribution in [0.2, 0.25) is 0 Å². The van der Waals surface area contributed by atoms with Crippen LogP contribution in [-0.4, -0.2) is 30.9 Å². The highest BCUT2D eigenvalue weighted by Crippen LogP contribution is 2.48. The molecular weight excluding hydrogens is 269 g/mol. The van der Waals surface area contributed by atoms with Crippen LogP contribution in [0.1, 0.15) is 38.2 Å². The molecule has 1 aromatic rings. The number of halogens is 1. The van der Waals surface area contributed by atoms with Crippen molar-refractivity contribution in [3.63, 3.8) is 0 Å². The Labute approximate surface area is 126 Å². The number of rotatable bonds is 10. The summed E-state index contributed by atoms with van der Waals surface area (Å²) in [4.78, 5) is 0. The average molecular weight is 295 g/mol. The van der Waals surface area contributed by atoms with Gasteiger partial charge in [-0.05, 0) is 30.7 Å². The van der Waals surface area contributed by atoms with E-state index in [1.807, 2.05) is 0 Å². The molecule has 0 saturated heterocycles. The van der Waals surface area contributed by atoms with Crippen LogP contribution in [0.4, 0.5) is 4.39 Å². The van der Waals surface area contributed by atoms with Crippen molar-refractivity contribution in [2.24, 2.45) is 5.41 Å². The first-order chi connectivity index (χ1) is 10.2. The highest BCUT2D eigenvalue weighted by atomic mass is 19.1. The zero-order chi connectivity index (χ0) is 15.1. The topological polar surface area (TPSA) is 41.5 Å². The minimum atomic E-state index is -0.547. The molecule has 0 amide bonds. The van der Waals surface area contributed by atoms with Gasteiger partial charge in [-0.15, -0.1) is 0 Å². The fraction of sp³-hybridized carbons (Fsp3) is 0.647. The van der Waals surface area contributed by atoms with Crippen LogP contribution in [0.5, 0.6) is 0 Å². The van der Waals surface area contributed by atoms with Gasteiger partial charge in [-0.2, -0.15) is 0 Å². The maximum Gasteiger partial charge on any atom is 0.128 e. The molecule has 1 atom stereocenters. The zero-order valence-electron chi connectivity index (χ0n) is 12.8. The Bertz CT molecular complexity index is 435. The van der Waals surface area contributed by atoms with Crippen LogP contribution in [0.25, 0.3) is 0 Å². The lowest BCUT2D eigenvalue weighted by Crippen LogP contribution is -2.34. The zero-order valence-corrected chi connectivity index (χ0v) is 12.8. The standard InChI is InChI=1S/C17H26FNO2/c1-2-7-17(8-9-17)13-19-10-15(20)12-21-11-14-5-3-4-6-16(14)18/h3-6,15,19-20H,2,7-13H2,1H3. The number of hydrogen-bond acceptors (Lipinski definition) is 3. The Hall–Kier alpha value is -0.970. The predicted molar refractivity (Wildman–Crippen MR) is 81.5 cm³/mol. The molecule has 21 heavy (non-hydrogen) atoms. The summed E-state index contributed by atoms with van der Waals surface area (Å²) in [7, 11) is 0. The molecular formula is C17H26FNO2. The quantitative estimate of drug-likeness (QED) is 0.697. The van der Waals surface area contributed by atoms with E-state index in [0.717, 1.165) is 6.54 Å². The molecule has 4 heteroatoms. The molecule has 0 spiro atoms. The lowest BCUT2D eigenvalue weighted by atomic mass is 10.0. The van der Waals surface area contributed by atoms with E-state index < -0.39 is 6.10 Å². The van der Waals surface area contributed by atoms with Crippen molar-refractivity contribution < 1.29 is 14.2 Å². The molecule has 1 aromatic carbocycles. The van der Waals surface area contributed by atoms with Gasteiger partial charge < -0.3 is 15.2 Å². The van der Waals surface area contributed by atoms with Crippen LogP contribution in [0.3, 0.4) is 0 Å². The van der Waals surface area contributed by atoms with Crippen LogP contribution >= 0.6 is 0 Å².